The van der Waals surface area contributed by atoms with Gasteiger partial charge in [0.05, 0.1) is 4.90 Å². The maximum atomic E-state index is 12.4. The summed E-state index contributed by atoms with van der Waals surface area (Å²) < 4.78 is 51.0. The molecule has 126 valence electrons. The van der Waals surface area contributed by atoms with Gasteiger partial charge in [-0.1, -0.05) is 0 Å². The lowest BCUT2D eigenvalue weighted by atomic mass is 10.7. The summed E-state index contributed by atoms with van der Waals surface area (Å²) >= 11 is 0.789. The normalized spacial score (nSPS) is 12.2. The lowest BCUT2D eigenvalue weighted by molar-refractivity contribution is 0.601. The van der Waals surface area contributed by atoms with E-state index in [1.807, 2.05) is 0 Å². The third-order valence-corrected chi connectivity index (χ3v) is 6.77. The van der Waals surface area contributed by atoms with E-state index in [0.29, 0.717) is 0 Å². The van der Waals surface area contributed by atoms with E-state index in [9.17, 15) is 16.8 Å². The van der Waals surface area contributed by atoms with Crippen LogP contribution in [0, 0.1) is 0 Å². The van der Waals surface area contributed by atoms with Gasteiger partial charge in [-0.05, 0) is 12.1 Å². The Morgan fingerprint density at radius 2 is 1.83 bits per heavy atom. The Balaban J connectivity index is 1.94. The summed E-state index contributed by atoms with van der Waals surface area (Å²) in [4.78, 5) is 11.7. The Morgan fingerprint density at radius 1 is 1.12 bits per heavy atom. The van der Waals surface area contributed by atoms with Crippen LogP contribution in [0.1, 0.15) is 0 Å². The van der Waals surface area contributed by atoms with Gasteiger partial charge in [0.15, 0.2) is 9.84 Å². The zero-order valence-electron chi connectivity index (χ0n) is 12.1. The van der Waals surface area contributed by atoms with Gasteiger partial charge in [-0.2, -0.15) is 14.8 Å². The Kier molecular flexibility index (Phi) is 4.06. The number of nitrogens with one attached hydrogen (secondary N) is 1. The van der Waals surface area contributed by atoms with Crippen LogP contribution in [-0.4, -0.2) is 47.8 Å². The van der Waals surface area contributed by atoms with E-state index >= 15 is 0 Å². The Morgan fingerprint density at radius 3 is 2.46 bits per heavy atom. The van der Waals surface area contributed by atoms with Crippen LogP contribution >= 0.6 is 11.3 Å². The molecule has 0 spiro atoms. The van der Waals surface area contributed by atoms with Gasteiger partial charge in [0.1, 0.15) is 10.5 Å². The number of rotatable bonds is 5. The molecule has 0 aliphatic carbocycles. The molecular weight excluding hydrogens is 376 g/mol. The molecular formula is C11H10N6O4S3. The van der Waals surface area contributed by atoms with Crippen LogP contribution in [0.15, 0.2) is 45.3 Å². The predicted molar refractivity (Wildman–Crippen MR) is 85.2 cm³/mol. The average molecular weight is 386 g/mol. The van der Waals surface area contributed by atoms with Crippen molar-refractivity contribution in [3.05, 3.63) is 36.2 Å². The van der Waals surface area contributed by atoms with E-state index in [1.54, 1.807) is 6.07 Å². The predicted octanol–water partition coefficient (Wildman–Crippen LogP) is 0.323. The van der Waals surface area contributed by atoms with Crippen molar-refractivity contribution in [3.8, 4) is 5.95 Å². The summed E-state index contributed by atoms with van der Waals surface area (Å²) in [5.41, 5.74) is 0. The highest BCUT2D eigenvalue weighted by Gasteiger charge is 2.23. The van der Waals surface area contributed by atoms with Gasteiger partial charge in [0, 0.05) is 24.0 Å². The van der Waals surface area contributed by atoms with Crippen LogP contribution < -0.4 is 4.72 Å². The Bertz CT molecular complexity index is 1070. The lowest BCUT2D eigenvalue weighted by Gasteiger charge is -2.06. The first kappa shape index (κ1) is 16.5. The van der Waals surface area contributed by atoms with Gasteiger partial charge in [-0.3, -0.25) is 0 Å². The molecule has 3 heterocycles. The molecule has 3 rings (SSSR count). The van der Waals surface area contributed by atoms with Crippen LogP contribution in [0.4, 0.5) is 5.95 Å². The van der Waals surface area contributed by atoms with Gasteiger partial charge in [0.2, 0.25) is 5.95 Å². The third kappa shape index (κ3) is 3.27. The molecule has 0 fully saturated rings. The van der Waals surface area contributed by atoms with Gasteiger partial charge in [0.25, 0.3) is 16.0 Å². The van der Waals surface area contributed by atoms with Gasteiger partial charge in [-0.25, -0.2) is 31.5 Å². The maximum absolute atomic E-state index is 12.4. The topological polar surface area (TPSA) is 137 Å². The number of hydrogen-bond acceptors (Lipinski definition) is 9. The Hall–Kier alpha value is -2.38. The molecule has 24 heavy (non-hydrogen) atoms. The summed E-state index contributed by atoms with van der Waals surface area (Å²) in [5.74, 6) is 0.0196. The molecule has 3 aromatic rings. The van der Waals surface area contributed by atoms with Crippen LogP contribution in [0.2, 0.25) is 0 Å². The van der Waals surface area contributed by atoms with Crippen molar-refractivity contribution in [2.45, 2.75) is 9.10 Å². The van der Waals surface area contributed by atoms with E-state index in [2.05, 4.69) is 24.8 Å². The first-order chi connectivity index (χ1) is 11.3. The number of aromatic nitrogens is 5. The number of sulfonamides is 1. The fourth-order valence-corrected chi connectivity index (χ4v) is 5.02. The first-order valence-corrected chi connectivity index (χ1v) is 10.5. The number of thiophene rings is 1. The zero-order valence-corrected chi connectivity index (χ0v) is 14.5. The number of sulfone groups is 1. The third-order valence-electron chi connectivity index (χ3n) is 2.76. The maximum Gasteiger partial charge on any atom is 0.273 e. The van der Waals surface area contributed by atoms with Gasteiger partial charge in [-0.15, -0.1) is 11.3 Å². The van der Waals surface area contributed by atoms with E-state index in [4.69, 9.17) is 0 Å². The minimum Gasteiger partial charge on any atom is -0.246 e. The summed E-state index contributed by atoms with van der Waals surface area (Å²) in [5, 5.41) is 5.13. The smallest absolute Gasteiger partial charge is 0.246 e. The highest BCUT2D eigenvalue weighted by atomic mass is 32.2. The second-order valence-electron chi connectivity index (χ2n) is 4.52. The summed E-state index contributed by atoms with van der Waals surface area (Å²) in [6.45, 7) is 0. The summed E-state index contributed by atoms with van der Waals surface area (Å²) in [6.07, 6.45) is 5.09. The quantitative estimate of drug-likeness (QED) is 0.662. The molecule has 0 bridgehead atoms. The molecule has 13 heteroatoms. The molecule has 10 nitrogen and oxygen atoms in total. The highest BCUT2D eigenvalue weighted by molar-refractivity contribution is 7.95. The van der Waals surface area contributed by atoms with Crippen molar-refractivity contribution in [1.82, 2.24) is 24.7 Å². The second-order valence-corrected chi connectivity index (χ2v) is 9.36. The van der Waals surface area contributed by atoms with Gasteiger partial charge < -0.3 is 0 Å². The van der Waals surface area contributed by atoms with Crippen molar-refractivity contribution in [3.63, 3.8) is 0 Å². The second kappa shape index (κ2) is 5.92. The van der Waals surface area contributed by atoms with Crippen LogP contribution in [-0.2, 0) is 19.9 Å². The lowest BCUT2D eigenvalue weighted by Crippen LogP contribution is -2.16. The molecule has 3 aromatic heterocycles. The molecule has 0 saturated heterocycles. The van der Waals surface area contributed by atoms with Crippen LogP contribution in [0.5, 0.6) is 0 Å². The monoisotopic (exact) mass is 386 g/mol. The standard InChI is InChI=1S/C11H10N6O4S3/c1-23(18,19)8-5-9(22-6-8)24(20,21)16-11-14-7-15-17(11)10-12-3-2-4-13-10/h2-7H,1H3,(H,14,15,16). The van der Waals surface area contributed by atoms with Crippen LogP contribution in [0.3, 0.4) is 0 Å². The van der Waals surface area contributed by atoms with Crippen molar-refractivity contribution in [1.29, 1.82) is 0 Å². The molecule has 0 amide bonds. The molecule has 0 unspecified atom stereocenters. The minimum absolute atomic E-state index is 0.0688. The molecule has 0 aromatic carbocycles. The summed E-state index contributed by atoms with van der Waals surface area (Å²) in [6, 6.07) is 2.69. The molecule has 0 atom stereocenters. The fourth-order valence-electron chi connectivity index (χ4n) is 1.66. The van der Waals surface area contributed by atoms with E-state index < -0.39 is 19.9 Å². The zero-order chi connectivity index (χ0) is 17.4. The number of nitrogens with zero attached hydrogens (tertiary/aromatic N) is 5. The van der Waals surface area contributed by atoms with Crippen molar-refractivity contribution in [2.75, 3.05) is 11.0 Å². The molecule has 0 aliphatic rings. The van der Waals surface area contributed by atoms with Gasteiger partial charge >= 0.3 is 0 Å². The summed E-state index contributed by atoms with van der Waals surface area (Å²) in [7, 11) is -7.52. The van der Waals surface area contributed by atoms with Crippen molar-refractivity contribution >= 4 is 37.1 Å². The Labute approximate surface area is 141 Å². The first-order valence-electron chi connectivity index (χ1n) is 6.26. The largest absolute Gasteiger partial charge is 0.273 e. The minimum atomic E-state index is -4.03. The van der Waals surface area contributed by atoms with E-state index in [1.165, 1.54) is 17.8 Å². The average Bonchev–Trinajstić information content (AvgIpc) is 3.16. The molecule has 1 N–H and O–H groups in total. The van der Waals surface area contributed by atoms with E-state index in [0.717, 1.165) is 34.7 Å². The SMILES string of the molecule is CS(=O)(=O)c1csc(S(=O)(=O)Nc2ncnn2-c2ncccn2)c1. The molecule has 0 radical (unpaired) electrons. The number of hydrogen-bond donors (Lipinski definition) is 1. The van der Waals surface area contributed by atoms with Crippen LogP contribution in [0.25, 0.3) is 5.95 Å². The highest BCUT2D eigenvalue weighted by Crippen LogP contribution is 2.25. The van der Waals surface area contributed by atoms with Crippen molar-refractivity contribution in [2.24, 2.45) is 0 Å². The molecule has 0 saturated carbocycles. The van der Waals surface area contributed by atoms with Crippen molar-refractivity contribution < 1.29 is 16.8 Å². The fraction of sp³-hybridized carbons (Fsp3) is 0.0909. The molecule has 0 aliphatic heterocycles. The van der Waals surface area contributed by atoms with E-state index in [-0.39, 0.29) is 21.0 Å². The number of anilines is 1.